The van der Waals surface area contributed by atoms with Gasteiger partial charge in [-0.15, -0.1) is 0 Å². The fourth-order valence-corrected chi connectivity index (χ4v) is 2.24. The van der Waals surface area contributed by atoms with E-state index in [2.05, 4.69) is 5.32 Å². The van der Waals surface area contributed by atoms with E-state index >= 15 is 0 Å². The topological polar surface area (TPSA) is 46.2 Å². The van der Waals surface area contributed by atoms with Crippen LogP contribution in [0.1, 0.15) is 38.5 Å². The van der Waals surface area contributed by atoms with Gasteiger partial charge in [-0.05, 0) is 25.8 Å². The zero-order valence-corrected chi connectivity index (χ0v) is 8.89. The number of thiol groups is 1. The molecule has 13 heavy (non-hydrogen) atoms. The van der Waals surface area contributed by atoms with Crippen molar-refractivity contribution in [1.29, 1.82) is 0 Å². The van der Waals surface area contributed by atoms with E-state index < -0.39 is 10.7 Å². The molecular formula is C9H19NO2S. The van der Waals surface area contributed by atoms with Crippen molar-refractivity contribution in [2.75, 3.05) is 12.3 Å². The van der Waals surface area contributed by atoms with Gasteiger partial charge < -0.3 is 5.32 Å². The van der Waals surface area contributed by atoms with Gasteiger partial charge in [-0.25, -0.2) is 8.42 Å². The number of hydrogen-bond donors (Lipinski definition) is 2. The highest BCUT2D eigenvalue weighted by Crippen LogP contribution is 2.16. The Balaban J connectivity index is 1.98. The average Bonchev–Trinajstić information content (AvgIpc) is 2.14. The molecule has 4 heteroatoms. The minimum atomic E-state index is -2.17. The maximum absolute atomic E-state index is 10.3. The summed E-state index contributed by atoms with van der Waals surface area (Å²) in [4.78, 5) is 0. The number of rotatable bonds is 5. The van der Waals surface area contributed by atoms with Crippen molar-refractivity contribution < 1.29 is 8.42 Å². The standard InChI is InChI=1S/C9H19NO2S/c11-13(12)8-4-7-10-9-5-2-1-3-6-9/h9-10,13H,1-8H2. The van der Waals surface area contributed by atoms with E-state index in [0.29, 0.717) is 11.8 Å². The van der Waals surface area contributed by atoms with Crippen LogP contribution < -0.4 is 5.32 Å². The quantitative estimate of drug-likeness (QED) is 0.518. The van der Waals surface area contributed by atoms with Crippen molar-refractivity contribution in [3.05, 3.63) is 0 Å². The molecule has 1 fully saturated rings. The summed E-state index contributed by atoms with van der Waals surface area (Å²) in [6.07, 6.45) is 7.31. The lowest BCUT2D eigenvalue weighted by Gasteiger charge is -2.22. The highest BCUT2D eigenvalue weighted by molar-refractivity contribution is 7.72. The van der Waals surface area contributed by atoms with Gasteiger partial charge in [0.15, 0.2) is 0 Å². The molecule has 0 atom stereocenters. The smallest absolute Gasteiger partial charge is 0.140 e. The molecule has 1 saturated carbocycles. The molecule has 0 aliphatic heterocycles. The van der Waals surface area contributed by atoms with Crippen LogP contribution in [-0.4, -0.2) is 26.8 Å². The molecule has 1 N–H and O–H groups in total. The SMILES string of the molecule is O=[SH](=O)CCCNC1CCCCC1. The van der Waals surface area contributed by atoms with Crippen LogP contribution in [-0.2, 0) is 10.7 Å². The van der Waals surface area contributed by atoms with E-state index in [1.54, 1.807) is 0 Å². The second-order valence-corrected chi connectivity index (χ2v) is 4.81. The van der Waals surface area contributed by atoms with Crippen molar-refractivity contribution in [3.63, 3.8) is 0 Å². The molecule has 78 valence electrons. The Labute approximate surface area is 81.9 Å². The van der Waals surface area contributed by atoms with E-state index in [4.69, 9.17) is 0 Å². The third kappa shape index (κ3) is 5.26. The molecule has 0 aromatic rings. The lowest BCUT2D eigenvalue weighted by molar-refractivity contribution is 0.374. The predicted octanol–water partition coefficient (Wildman–Crippen LogP) is 0.910. The molecule has 0 unspecified atom stereocenters. The van der Waals surface area contributed by atoms with Crippen LogP contribution in [0.25, 0.3) is 0 Å². The Morgan fingerprint density at radius 1 is 1.15 bits per heavy atom. The third-order valence-corrected chi connectivity index (χ3v) is 3.24. The Morgan fingerprint density at radius 3 is 2.46 bits per heavy atom. The van der Waals surface area contributed by atoms with Gasteiger partial charge in [-0.1, -0.05) is 19.3 Å². The molecule has 0 spiro atoms. The zero-order chi connectivity index (χ0) is 9.52. The molecular weight excluding hydrogens is 186 g/mol. The van der Waals surface area contributed by atoms with E-state index in [-0.39, 0.29) is 0 Å². The van der Waals surface area contributed by atoms with Gasteiger partial charge in [0.05, 0.1) is 0 Å². The van der Waals surface area contributed by atoms with Gasteiger partial charge in [0.2, 0.25) is 0 Å². The average molecular weight is 205 g/mol. The summed E-state index contributed by atoms with van der Waals surface area (Å²) in [5.41, 5.74) is 0. The minimum absolute atomic E-state index is 0.328. The van der Waals surface area contributed by atoms with Gasteiger partial charge in [-0.3, -0.25) is 0 Å². The lowest BCUT2D eigenvalue weighted by atomic mass is 9.95. The zero-order valence-electron chi connectivity index (χ0n) is 8.00. The predicted molar refractivity (Wildman–Crippen MR) is 54.7 cm³/mol. The normalized spacial score (nSPS) is 19.5. The third-order valence-electron chi connectivity index (χ3n) is 2.56. The van der Waals surface area contributed by atoms with Crippen LogP contribution in [0.4, 0.5) is 0 Å². The number of hydrogen-bond acceptors (Lipinski definition) is 3. The van der Waals surface area contributed by atoms with Crippen LogP contribution in [0.15, 0.2) is 0 Å². The highest BCUT2D eigenvalue weighted by Gasteiger charge is 2.11. The Kier molecular flexibility index (Phi) is 5.39. The van der Waals surface area contributed by atoms with Gasteiger partial charge in [0, 0.05) is 11.8 Å². The molecule has 3 nitrogen and oxygen atoms in total. The fourth-order valence-electron chi connectivity index (χ4n) is 1.82. The molecule has 0 heterocycles. The molecule has 1 rings (SSSR count). The molecule has 0 saturated heterocycles. The molecule has 1 aliphatic carbocycles. The van der Waals surface area contributed by atoms with Crippen molar-refractivity contribution in [3.8, 4) is 0 Å². The molecule has 0 bridgehead atoms. The highest BCUT2D eigenvalue weighted by atomic mass is 32.2. The largest absolute Gasteiger partial charge is 0.314 e. The second-order valence-electron chi connectivity index (χ2n) is 3.70. The van der Waals surface area contributed by atoms with Crippen LogP contribution in [0.2, 0.25) is 0 Å². The molecule has 1 aliphatic rings. The Bertz CT molecular complexity index is 190. The van der Waals surface area contributed by atoms with Crippen molar-refractivity contribution in [1.82, 2.24) is 5.32 Å². The second kappa shape index (κ2) is 6.38. The van der Waals surface area contributed by atoms with Gasteiger partial charge in [0.25, 0.3) is 0 Å². The summed E-state index contributed by atoms with van der Waals surface area (Å²) in [5.74, 6) is 0.328. The maximum Gasteiger partial charge on any atom is 0.140 e. The van der Waals surface area contributed by atoms with E-state index in [0.717, 1.165) is 13.0 Å². The van der Waals surface area contributed by atoms with Crippen molar-refractivity contribution >= 4 is 10.7 Å². The van der Waals surface area contributed by atoms with Gasteiger partial charge in [0.1, 0.15) is 10.7 Å². The summed E-state index contributed by atoms with van der Waals surface area (Å²) >= 11 is 0. The molecule has 0 aromatic heterocycles. The minimum Gasteiger partial charge on any atom is -0.314 e. The fraction of sp³-hybridized carbons (Fsp3) is 1.00. The van der Waals surface area contributed by atoms with Gasteiger partial charge in [-0.2, -0.15) is 0 Å². The first-order valence-corrected chi connectivity index (χ1v) is 6.50. The summed E-state index contributed by atoms with van der Waals surface area (Å²) in [6, 6.07) is 0.651. The van der Waals surface area contributed by atoms with Crippen molar-refractivity contribution in [2.45, 2.75) is 44.6 Å². The first kappa shape index (κ1) is 11.0. The first-order valence-electron chi connectivity index (χ1n) is 5.14. The summed E-state index contributed by atoms with van der Waals surface area (Å²) in [7, 11) is -2.17. The summed E-state index contributed by atoms with van der Waals surface area (Å²) < 4.78 is 20.5. The van der Waals surface area contributed by atoms with Crippen LogP contribution in [0.3, 0.4) is 0 Å². The molecule has 0 amide bonds. The van der Waals surface area contributed by atoms with Crippen LogP contribution >= 0.6 is 0 Å². The lowest BCUT2D eigenvalue weighted by Crippen LogP contribution is -2.32. The van der Waals surface area contributed by atoms with E-state index in [1.165, 1.54) is 32.1 Å². The van der Waals surface area contributed by atoms with Crippen LogP contribution in [0, 0.1) is 0 Å². The van der Waals surface area contributed by atoms with E-state index in [9.17, 15) is 8.42 Å². The Morgan fingerprint density at radius 2 is 1.85 bits per heavy atom. The monoisotopic (exact) mass is 205 g/mol. The molecule has 0 radical (unpaired) electrons. The first-order chi connectivity index (χ1) is 6.29. The summed E-state index contributed by atoms with van der Waals surface area (Å²) in [5, 5.41) is 3.41. The number of nitrogens with one attached hydrogen (secondary N) is 1. The molecule has 0 aromatic carbocycles. The van der Waals surface area contributed by atoms with Crippen LogP contribution in [0.5, 0.6) is 0 Å². The summed E-state index contributed by atoms with van der Waals surface area (Å²) in [6.45, 7) is 0.855. The van der Waals surface area contributed by atoms with E-state index in [1.807, 2.05) is 0 Å². The van der Waals surface area contributed by atoms with Gasteiger partial charge >= 0.3 is 0 Å². The maximum atomic E-state index is 10.3. The van der Waals surface area contributed by atoms with Crippen molar-refractivity contribution in [2.24, 2.45) is 0 Å². The Hall–Kier alpha value is -0.0900.